The van der Waals surface area contributed by atoms with Crippen molar-refractivity contribution < 1.29 is 28.5 Å². The third-order valence-corrected chi connectivity index (χ3v) is 9.56. The maximum Gasteiger partial charge on any atom is 0.172 e. The van der Waals surface area contributed by atoms with Gasteiger partial charge in [0.15, 0.2) is 5.79 Å². The molecule has 40 heavy (non-hydrogen) atoms. The lowest BCUT2D eigenvalue weighted by molar-refractivity contribution is -0.388. The van der Waals surface area contributed by atoms with Crippen molar-refractivity contribution in [3.8, 4) is 5.75 Å². The van der Waals surface area contributed by atoms with Crippen molar-refractivity contribution in [2.24, 2.45) is 5.41 Å². The molecule has 3 aliphatic heterocycles. The van der Waals surface area contributed by atoms with E-state index in [1.165, 1.54) is 37.7 Å². The zero-order valence-electron chi connectivity index (χ0n) is 25.7. The van der Waals surface area contributed by atoms with E-state index in [2.05, 4.69) is 51.8 Å². The Hall–Kier alpha value is -1.22. The van der Waals surface area contributed by atoms with Crippen LogP contribution in [0.3, 0.4) is 0 Å². The van der Waals surface area contributed by atoms with Gasteiger partial charge in [0.25, 0.3) is 0 Å². The first kappa shape index (κ1) is 30.2. The van der Waals surface area contributed by atoms with Gasteiger partial charge < -0.3 is 23.7 Å². The van der Waals surface area contributed by atoms with E-state index in [4.69, 9.17) is 28.5 Å². The molecule has 3 saturated heterocycles. The quantitative estimate of drug-likeness (QED) is 0.272. The summed E-state index contributed by atoms with van der Waals surface area (Å²) in [6, 6.07) is 8.35. The van der Waals surface area contributed by atoms with Crippen LogP contribution in [-0.2, 0) is 30.2 Å². The van der Waals surface area contributed by atoms with Crippen LogP contribution in [0.15, 0.2) is 24.3 Å². The van der Waals surface area contributed by atoms with E-state index < -0.39 is 5.79 Å². The normalized spacial score (nSPS) is 32.3. The van der Waals surface area contributed by atoms with Crippen LogP contribution in [-0.4, -0.2) is 73.8 Å². The lowest BCUT2D eigenvalue weighted by Gasteiger charge is -2.61. The number of hydrogen-bond donors (Lipinski definition) is 0. The fourth-order valence-electron chi connectivity index (χ4n) is 7.00. The molecule has 3 heterocycles. The van der Waals surface area contributed by atoms with Gasteiger partial charge in [0.05, 0.1) is 44.7 Å². The molecule has 1 aliphatic carbocycles. The van der Waals surface area contributed by atoms with Gasteiger partial charge in [-0.15, -0.1) is 0 Å². The molecule has 1 saturated carbocycles. The van der Waals surface area contributed by atoms with E-state index in [0.29, 0.717) is 39.1 Å². The van der Waals surface area contributed by atoms with Crippen molar-refractivity contribution in [2.75, 3.05) is 39.6 Å². The second-order valence-corrected chi connectivity index (χ2v) is 13.8. The number of ether oxygens (including phenoxy) is 5. The standard InChI is InChI=1S/C33H53NO6/c1-6-32(7-2)22-33(38-24-31(5,25-39-33)23-37-27-11-9-8-10-12-27)21-30(3,4)34(32)40-18-17-26-13-15-28(16-14-26)35-19-29-20-36-29/h13-16,27,29H,6-12,17-25H2,1-5H3. The van der Waals surface area contributed by atoms with E-state index in [1.54, 1.807) is 0 Å². The van der Waals surface area contributed by atoms with Gasteiger partial charge in [-0.3, -0.25) is 4.84 Å². The summed E-state index contributed by atoms with van der Waals surface area (Å²) in [5, 5.41) is 2.30. The van der Waals surface area contributed by atoms with Gasteiger partial charge in [0, 0.05) is 23.8 Å². The molecular formula is C33H53NO6. The lowest BCUT2D eigenvalue weighted by atomic mass is 9.72. The van der Waals surface area contributed by atoms with E-state index in [1.807, 2.05) is 12.1 Å². The van der Waals surface area contributed by atoms with Gasteiger partial charge in [-0.2, -0.15) is 5.06 Å². The average Bonchev–Trinajstić information content (AvgIpc) is 3.79. The Morgan fingerprint density at radius 3 is 2.23 bits per heavy atom. The summed E-state index contributed by atoms with van der Waals surface area (Å²) < 4.78 is 30.8. The molecule has 0 N–H and O–H groups in total. The third-order valence-electron chi connectivity index (χ3n) is 9.56. The van der Waals surface area contributed by atoms with Gasteiger partial charge in [-0.1, -0.05) is 52.2 Å². The average molecular weight is 560 g/mol. The van der Waals surface area contributed by atoms with Crippen molar-refractivity contribution in [3.63, 3.8) is 0 Å². The summed E-state index contributed by atoms with van der Waals surface area (Å²) in [6.45, 7) is 15.5. The van der Waals surface area contributed by atoms with E-state index in [-0.39, 0.29) is 22.6 Å². The Morgan fingerprint density at radius 1 is 0.925 bits per heavy atom. The first-order valence-electron chi connectivity index (χ1n) is 15.8. The summed E-state index contributed by atoms with van der Waals surface area (Å²) in [5.41, 5.74) is 0.748. The maximum absolute atomic E-state index is 6.72. The molecule has 0 amide bonds. The van der Waals surface area contributed by atoms with Crippen molar-refractivity contribution >= 4 is 0 Å². The predicted molar refractivity (Wildman–Crippen MR) is 155 cm³/mol. The number of rotatable bonds is 12. The minimum atomic E-state index is -0.582. The van der Waals surface area contributed by atoms with Gasteiger partial charge in [-0.25, -0.2) is 0 Å². The summed E-state index contributed by atoms with van der Waals surface area (Å²) in [7, 11) is 0. The Kier molecular flexibility index (Phi) is 9.50. The molecule has 1 aromatic rings. The van der Waals surface area contributed by atoms with Gasteiger partial charge >= 0.3 is 0 Å². The zero-order chi connectivity index (χ0) is 28.3. The minimum Gasteiger partial charge on any atom is -0.491 e. The summed E-state index contributed by atoms with van der Waals surface area (Å²) in [4.78, 5) is 6.65. The summed E-state index contributed by atoms with van der Waals surface area (Å²) >= 11 is 0. The van der Waals surface area contributed by atoms with Crippen molar-refractivity contribution in [1.29, 1.82) is 0 Å². The minimum absolute atomic E-state index is 0.103. The smallest absolute Gasteiger partial charge is 0.172 e. The van der Waals surface area contributed by atoms with E-state index >= 15 is 0 Å². The number of epoxide rings is 1. The molecule has 7 nitrogen and oxygen atoms in total. The van der Waals surface area contributed by atoms with Crippen LogP contribution in [0.5, 0.6) is 5.75 Å². The summed E-state index contributed by atoms with van der Waals surface area (Å²) in [6.07, 6.45) is 11.4. The van der Waals surface area contributed by atoms with Gasteiger partial charge in [-0.05, 0) is 63.6 Å². The number of nitrogens with zero attached hydrogens (tertiary/aromatic N) is 1. The number of piperidine rings is 1. The van der Waals surface area contributed by atoms with Crippen LogP contribution < -0.4 is 4.74 Å². The molecule has 0 aromatic heterocycles. The number of benzene rings is 1. The Morgan fingerprint density at radius 2 is 1.60 bits per heavy atom. The van der Waals surface area contributed by atoms with Crippen LogP contribution in [0.25, 0.3) is 0 Å². The third kappa shape index (κ3) is 7.22. The first-order chi connectivity index (χ1) is 19.2. The molecule has 4 aliphatic rings. The molecule has 0 bridgehead atoms. The fraction of sp³-hybridized carbons (Fsp3) is 0.818. The molecular weight excluding hydrogens is 506 g/mol. The van der Waals surface area contributed by atoms with Crippen LogP contribution in [0.4, 0.5) is 0 Å². The molecule has 226 valence electrons. The Bertz CT molecular complexity index is 927. The molecule has 4 fully saturated rings. The van der Waals surface area contributed by atoms with E-state index in [9.17, 15) is 0 Å². The monoisotopic (exact) mass is 559 g/mol. The van der Waals surface area contributed by atoms with Gasteiger partial charge in [0.1, 0.15) is 18.5 Å². The molecule has 1 unspecified atom stereocenters. The number of hydroxylamine groups is 2. The molecule has 0 radical (unpaired) electrons. The Balaban J connectivity index is 1.16. The number of hydrogen-bond acceptors (Lipinski definition) is 7. The highest BCUT2D eigenvalue weighted by Gasteiger charge is 2.59. The summed E-state index contributed by atoms with van der Waals surface area (Å²) in [5.74, 6) is 0.309. The van der Waals surface area contributed by atoms with Crippen molar-refractivity contribution in [3.05, 3.63) is 29.8 Å². The SMILES string of the molecule is CCC1(CC)CC2(CC(C)(C)N1OCCc1ccc(OCC3CO3)cc1)OCC(C)(COC1CCCCC1)CO2. The first-order valence-corrected chi connectivity index (χ1v) is 15.8. The molecule has 1 atom stereocenters. The lowest BCUT2D eigenvalue weighted by Crippen LogP contribution is -2.69. The van der Waals surface area contributed by atoms with Gasteiger partial charge in [0.2, 0.25) is 0 Å². The largest absolute Gasteiger partial charge is 0.491 e. The second-order valence-electron chi connectivity index (χ2n) is 13.8. The molecule has 5 rings (SSSR count). The van der Waals surface area contributed by atoms with Crippen LogP contribution in [0.2, 0.25) is 0 Å². The maximum atomic E-state index is 6.72. The van der Waals surface area contributed by atoms with Crippen LogP contribution in [0.1, 0.15) is 98.0 Å². The van der Waals surface area contributed by atoms with Crippen molar-refractivity contribution in [2.45, 2.75) is 128 Å². The molecule has 1 aromatic carbocycles. The van der Waals surface area contributed by atoms with Crippen LogP contribution in [0, 0.1) is 5.41 Å². The topological polar surface area (TPSA) is 61.9 Å². The van der Waals surface area contributed by atoms with Crippen molar-refractivity contribution in [1.82, 2.24) is 5.06 Å². The highest BCUT2D eigenvalue weighted by Crippen LogP contribution is 2.51. The fourth-order valence-corrected chi connectivity index (χ4v) is 7.00. The highest BCUT2D eigenvalue weighted by molar-refractivity contribution is 5.27. The molecule has 1 spiro atoms. The Labute approximate surface area is 242 Å². The van der Waals surface area contributed by atoms with E-state index in [0.717, 1.165) is 44.5 Å². The second kappa shape index (κ2) is 12.6. The highest BCUT2D eigenvalue weighted by atomic mass is 16.7. The van der Waals surface area contributed by atoms with Crippen LogP contribution >= 0.6 is 0 Å². The predicted octanol–water partition coefficient (Wildman–Crippen LogP) is 6.47. The zero-order valence-corrected chi connectivity index (χ0v) is 25.7. The molecule has 7 heteroatoms.